The van der Waals surface area contributed by atoms with Gasteiger partial charge in [-0.3, -0.25) is 10.2 Å². The summed E-state index contributed by atoms with van der Waals surface area (Å²) < 4.78 is 25.4. The molecule has 1 fully saturated rings. The number of hydrogen-bond donors (Lipinski definition) is 1. The Balaban J connectivity index is 1.94. The monoisotopic (exact) mass is 599 g/mol. The van der Waals surface area contributed by atoms with Crippen LogP contribution in [0.1, 0.15) is 40.5 Å². The SMILES string of the molecule is CC(=O)CCC(=O)O[C@H]1[C@H](OC(=N)C(Cl)(Cl)Cl)OC[C@@H](OC(=O)c2ccccc2)[C@@H]1OC(=O)c1ccccc1. The molecule has 2 aromatic rings. The van der Waals surface area contributed by atoms with Crippen LogP contribution in [-0.4, -0.2) is 64.6 Å². The van der Waals surface area contributed by atoms with Crippen LogP contribution in [0.3, 0.4) is 0 Å². The van der Waals surface area contributed by atoms with Crippen LogP contribution in [0.4, 0.5) is 0 Å². The molecule has 39 heavy (non-hydrogen) atoms. The maximum absolute atomic E-state index is 13.0. The molecular weight excluding hydrogens is 577 g/mol. The Kier molecular flexibility index (Phi) is 10.7. The molecule has 3 rings (SSSR count). The number of carbonyl (C=O) groups excluding carboxylic acids is 4. The molecule has 1 N–H and O–H groups in total. The van der Waals surface area contributed by atoms with Crippen molar-refractivity contribution in [3.8, 4) is 0 Å². The fraction of sp³-hybridized carbons (Fsp3) is 0.346. The van der Waals surface area contributed by atoms with Gasteiger partial charge in [-0.2, -0.15) is 0 Å². The summed E-state index contributed by atoms with van der Waals surface area (Å²) in [6, 6.07) is 15.9. The van der Waals surface area contributed by atoms with E-state index < -0.39 is 58.8 Å². The summed E-state index contributed by atoms with van der Waals surface area (Å²) in [4.78, 5) is 49.9. The van der Waals surface area contributed by atoms with Gasteiger partial charge >= 0.3 is 17.9 Å². The van der Waals surface area contributed by atoms with Gasteiger partial charge in [-0.25, -0.2) is 9.59 Å². The number of alkyl halides is 3. The zero-order chi connectivity index (χ0) is 28.6. The first-order chi connectivity index (χ1) is 18.5. The highest BCUT2D eigenvalue weighted by molar-refractivity contribution is 6.76. The van der Waals surface area contributed by atoms with E-state index in [4.69, 9.17) is 63.9 Å². The van der Waals surface area contributed by atoms with Crippen molar-refractivity contribution in [2.75, 3.05) is 6.61 Å². The Bertz CT molecular complexity index is 1190. The number of ether oxygens (including phenoxy) is 5. The molecule has 1 aliphatic rings. The third-order valence-electron chi connectivity index (χ3n) is 5.34. The lowest BCUT2D eigenvalue weighted by atomic mass is 10.0. The second-order valence-corrected chi connectivity index (χ2v) is 10.6. The molecule has 1 heterocycles. The van der Waals surface area contributed by atoms with Gasteiger partial charge < -0.3 is 28.5 Å². The van der Waals surface area contributed by atoms with Gasteiger partial charge in [0, 0.05) is 6.42 Å². The Morgan fingerprint density at radius 1 is 0.821 bits per heavy atom. The lowest BCUT2D eigenvalue weighted by molar-refractivity contribution is -0.254. The Hall–Kier alpha value is -3.18. The van der Waals surface area contributed by atoms with E-state index >= 15 is 0 Å². The Morgan fingerprint density at radius 2 is 1.36 bits per heavy atom. The minimum absolute atomic E-state index is 0.122. The second-order valence-electron chi connectivity index (χ2n) is 8.35. The van der Waals surface area contributed by atoms with Gasteiger partial charge in [0.1, 0.15) is 5.78 Å². The second kappa shape index (κ2) is 13.7. The number of ketones is 1. The number of halogens is 3. The Labute approximate surface area is 238 Å². The normalized spacial score (nSPS) is 20.8. The first-order valence-corrected chi connectivity index (χ1v) is 12.7. The minimum Gasteiger partial charge on any atom is -0.452 e. The molecule has 1 aliphatic heterocycles. The first-order valence-electron chi connectivity index (χ1n) is 11.6. The van der Waals surface area contributed by atoms with Crippen molar-refractivity contribution >= 4 is 64.4 Å². The summed E-state index contributed by atoms with van der Waals surface area (Å²) in [5.74, 6) is -3.60. The molecule has 0 spiro atoms. The van der Waals surface area contributed by atoms with Gasteiger partial charge in [0.2, 0.25) is 18.3 Å². The molecule has 0 amide bonds. The fourth-order valence-electron chi connectivity index (χ4n) is 3.43. The summed E-state index contributed by atoms with van der Waals surface area (Å²) in [6.45, 7) is 0.902. The lowest BCUT2D eigenvalue weighted by Gasteiger charge is -2.40. The molecule has 13 heteroatoms. The van der Waals surface area contributed by atoms with Crippen LogP contribution < -0.4 is 0 Å². The number of carbonyl (C=O) groups is 4. The van der Waals surface area contributed by atoms with E-state index in [0.29, 0.717) is 0 Å². The quantitative estimate of drug-likeness (QED) is 0.146. The summed E-state index contributed by atoms with van der Waals surface area (Å²) in [6.07, 6.45) is -6.38. The van der Waals surface area contributed by atoms with E-state index in [0.717, 1.165) is 0 Å². The first kappa shape index (κ1) is 30.4. The van der Waals surface area contributed by atoms with E-state index in [1.807, 2.05) is 0 Å². The van der Waals surface area contributed by atoms with Crippen LogP contribution >= 0.6 is 34.8 Å². The van der Waals surface area contributed by atoms with Crippen molar-refractivity contribution in [2.24, 2.45) is 0 Å². The average Bonchev–Trinajstić information content (AvgIpc) is 2.90. The topological polar surface area (TPSA) is 138 Å². The van der Waals surface area contributed by atoms with E-state index in [9.17, 15) is 19.2 Å². The molecule has 4 atom stereocenters. The third kappa shape index (κ3) is 8.93. The smallest absolute Gasteiger partial charge is 0.338 e. The number of rotatable bonds is 9. The highest BCUT2D eigenvalue weighted by atomic mass is 35.6. The molecule has 0 aliphatic carbocycles. The third-order valence-corrected chi connectivity index (χ3v) is 5.86. The Morgan fingerprint density at radius 3 is 1.87 bits per heavy atom. The number of benzene rings is 2. The van der Waals surface area contributed by atoms with Crippen molar-refractivity contribution in [3.05, 3.63) is 71.8 Å². The highest BCUT2D eigenvalue weighted by Gasteiger charge is 2.50. The van der Waals surface area contributed by atoms with Crippen molar-refractivity contribution < 1.29 is 42.9 Å². The van der Waals surface area contributed by atoms with Crippen molar-refractivity contribution in [3.63, 3.8) is 0 Å². The molecule has 10 nitrogen and oxygen atoms in total. The molecule has 0 bridgehead atoms. The number of Topliss-reactive ketones (excluding diaryl/α,β-unsaturated/α-hetero) is 1. The molecule has 0 aromatic heterocycles. The van der Waals surface area contributed by atoms with Crippen LogP contribution in [-0.2, 0) is 33.3 Å². The van der Waals surface area contributed by atoms with E-state index in [1.165, 1.54) is 31.2 Å². The van der Waals surface area contributed by atoms with Gasteiger partial charge in [0.25, 0.3) is 3.79 Å². The van der Waals surface area contributed by atoms with Gasteiger partial charge in [-0.15, -0.1) is 0 Å². The van der Waals surface area contributed by atoms with E-state index in [-0.39, 0.29) is 29.8 Å². The fourth-order valence-corrected chi connectivity index (χ4v) is 3.56. The highest BCUT2D eigenvalue weighted by Crippen LogP contribution is 2.32. The molecule has 0 radical (unpaired) electrons. The maximum atomic E-state index is 13.0. The zero-order valence-corrected chi connectivity index (χ0v) is 22.8. The minimum atomic E-state index is -2.29. The molecule has 1 saturated heterocycles. The molecule has 2 aromatic carbocycles. The lowest BCUT2D eigenvalue weighted by Crippen LogP contribution is -2.59. The van der Waals surface area contributed by atoms with Crippen LogP contribution in [0.15, 0.2) is 60.7 Å². The summed E-state index contributed by atoms with van der Waals surface area (Å²) in [5, 5.41) is 7.93. The van der Waals surface area contributed by atoms with Crippen LogP contribution in [0.25, 0.3) is 0 Å². The van der Waals surface area contributed by atoms with Crippen molar-refractivity contribution in [2.45, 2.75) is 48.2 Å². The largest absolute Gasteiger partial charge is 0.452 e. The molecule has 208 valence electrons. The number of hydrogen-bond acceptors (Lipinski definition) is 10. The average molecular weight is 601 g/mol. The van der Waals surface area contributed by atoms with Gasteiger partial charge in [0.05, 0.1) is 24.2 Å². The maximum Gasteiger partial charge on any atom is 0.338 e. The zero-order valence-electron chi connectivity index (χ0n) is 20.5. The van der Waals surface area contributed by atoms with Crippen molar-refractivity contribution in [1.82, 2.24) is 0 Å². The summed E-state index contributed by atoms with van der Waals surface area (Å²) >= 11 is 17.2. The van der Waals surface area contributed by atoms with Gasteiger partial charge in [-0.05, 0) is 31.2 Å². The summed E-state index contributed by atoms with van der Waals surface area (Å²) in [7, 11) is 0. The van der Waals surface area contributed by atoms with E-state index in [1.54, 1.807) is 36.4 Å². The van der Waals surface area contributed by atoms with Gasteiger partial charge in [0.15, 0.2) is 12.2 Å². The predicted octanol–water partition coefficient (Wildman–Crippen LogP) is 4.44. The molecule has 0 saturated carbocycles. The standard InChI is InChI=1S/C26H24Cl3NO9/c1-15(31)12-13-19(32)37-21-20(38-23(34)17-10-6-3-7-11-17)18(36-22(33)16-8-4-2-5-9-16)14-35-24(21)39-25(30)26(27,28)29/h2-11,18,20-21,24,30H,12-14H2,1H3/t18-,20+,21-,24+/m1/s1. The van der Waals surface area contributed by atoms with E-state index in [2.05, 4.69) is 0 Å². The van der Waals surface area contributed by atoms with Crippen molar-refractivity contribution in [1.29, 1.82) is 5.41 Å². The number of esters is 3. The van der Waals surface area contributed by atoms with Gasteiger partial charge in [-0.1, -0.05) is 71.2 Å². The van der Waals surface area contributed by atoms with Crippen LogP contribution in [0, 0.1) is 5.41 Å². The molecular formula is C26H24Cl3NO9. The van der Waals surface area contributed by atoms with Crippen LogP contribution in [0.5, 0.6) is 0 Å². The van der Waals surface area contributed by atoms with Crippen LogP contribution in [0.2, 0.25) is 0 Å². The predicted molar refractivity (Wildman–Crippen MR) is 140 cm³/mol. The number of nitrogens with one attached hydrogen (secondary N) is 1. The molecule has 0 unspecified atom stereocenters. The summed E-state index contributed by atoms with van der Waals surface area (Å²) in [5.41, 5.74) is 0.363.